The number of fused-ring (bicyclic) bond motifs is 5. The molecule has 136 valence electrons. The van der Waals surface area contributed by atoms with Crippen LogP contribution in [-0.4, -0.2) is 13.9 Å². The molecule has 9 heteroatoms. The highest BCUT2D eigenvalue weighted by molar-refractivity contribution is 7.88. The largest absolute Gasteiger partial charge is 0.534 e. The molecule has 2 unspecified atom stereocenters. The quantitative estimate of drug-likeness (QED) is 0.340. The summed E-state index contributed by atoms with van der Waals surface area (Å²) < 4.78 is 83.8. The van der Waals surface area contributed by atoms with E-state index < -0.39 is 39.4 Å². The van der Waals surface area contributed by atoms with Crippen LogP contribution in [0.25, 0.3) is 11.1 Å². The molecule has 4 nitrogen and oxygen atoms in total. The van der Waals surface area contributed by atoms with Gasteiger partial charge in [0.2, 0.25) is 0 Å². The third-order valence-electron chi connectivity index (χ3n) is 4.21. The van der Waals surface area contributed by atoms with Crippen molar-refractivity contribution in [2.75, 3.05) is 0 Å². The fraction of sp³-hybridized carbons (Fsp3) is 0.176. The molecule has 2 aromatic carbocycles. The zero-order valence-electron chi connectivity index (χ0n) is 12.8. The molecule has 0 amide bonds. The van der Waals surface area contributed by atoms with E-state index in [1.165, 1.54) is 30.3 Å². The van der Waals surface area contributed by atoms with Gasteiger partial charge in [0, 0.05) is 11.1 Å². The van der Waals surface area contributed by atoms with Crippen molar-refractivity contribution in [1.29, 1.82) is 0 Å². The van der Waals surface area contributed by atoms with Gasteiger partial charge in [-0.15, -0.1) is 0 Å². The molecule has 0 aliphatic carbocycles. The second-order valence-corrected chi connectivity index (χ2v) is 7.33. The van der Waals surface area contributed by atoms with E-state index >= 15 is 0 Å². The van der Waals surface area contributed by atoms with E-state index in [1.54, 1.807) is 12.2 Å². The van der Waals surface area contributed by atoms with Crippen LogP contribution in [0.4, 0.5) is 17.6 Å². The lowest BCUT2D eigenvalue weighted by molar-refractivity contribution is -0.0500. The van der Waals surface area contributed by atoms with Crippen LogP contribution in [-0.2, 0) is 14.9 Å². The first-order valence-corrected chi connectivity index (χ1v) is 8.85. The van der Waals surface area contributed by atoms with Crippen molar-refractivity contribution in [3.05, 3.63) is 65.5 Å². The highest BCUT2D eigenvalue weighted by atomic mass is 32.2. The Hall–Kier alpha value is -2.39. The van der Waals surface area contributed by atoms with E-state index in [0.717, 1.165) is 6.07 Å². The molecule has 0 radical (unpaired) electrons. The van der Waals surface area contributed by atoms with E-state index in [1.807, 2.05) is 0 Å². The van der Waals surface area contributed by atoms with Crippen LogP contribution in [0, 0.1) is 5.82 Å². The van der Waals surface area contributed by atoms with Gasteiger partial charge in [-0.3, -0.25) is 0 Å². The lowest BCUT2D eigenvalue weighted by Crippen LogP contribution is -2.28. The third-order valence-corrected chi connectivity index (χ3v) is 5.17. The maximum atomic E-state index is 13.2. The molecular weight excluding hydrogens is 376 g/mol. The van der Waals surface area contributed by atoms with Gasteiger partial charge in [-0.25, -0.2) is 4.39 Å². The Morgan fingerprint density at radius 2 is 1.54 bits per heavy atom. The second kappa shape index (κ2) is 5.55. The van der Waals surface area contributed by atoms with Crippen LogP contribution in [0.5, 0.6) is 5.75 Å². The highest BCUT2D eigenvalue weighted by Gasteiger charge is 2.50. The van der Waals surface area contributed by atoms with Gasteiger partial charge < -0.3 is 8.92 Å². The van der Waals surface area contributed by atoms with E-state index in [0.29, 0.717) is 16.7 Å². The van der Waals surface area contributed by atoms with Crippen LogP contribution in [0.1, 0.15) is 23.3 Å². The molecule has 2 aromatic rings. The smallest absolute Gasteiger partial charge is 0.376 e. The van der Waals surface area contributed by atoms with Crippen molar-refractivity contribution in [1.82, 2.24) is 0 Å². The molecular formula is C17H10F4O4S. The van der Waals surface area contributed by atoms with Crippen LogP contribution in [0.2, 0.25) is 0 Å². The molecule has 0 saturated carbocycles. The Labute approximate surface area is 145 Å². The molecule has 26 heavy (non-hydrogen) atoms. The van der Waals surface area contributed by atoms with Crippen molar-refractivity contribution in [2.24, 2.45) is 0 Å². The average molecular weight is 386 g/mol. The monoisotopic (exact) mass is 386 g/mol. The van der Waals surface area contributed by atoms with Gasteiger partial charge in [0.1, 0.15) is 23.8 Å². The first-order chi connectivity index (χ1) is 12.2. The summed E-state index contributed by atoms with van der Waals surface area (Å²) in [7, 11) is -5.80. The predicted octanol–water partition coefficient (Wildman–Crippen LogP) is 4.40. The minimum Gasteiger partial charge on any atom is -0.376 e. The summed E-state index contributed by atoms with van der Waals surface area (Å²) in [4.78, 5) is 0. The molecule has 2 atom stereocenters. The maximum Gasteiger partial charge on any atom is 0.534 e. The number of hydrogen-bond acceptors (Lipinski definition) is 4. The van der Waals surface area contributed by atoms with Gasteiger partial charge in [-0.05, 0) is 29.3 Å². The summed E-state index contributed by atoms with van der Waals surface area (Å²) in [5.41, 5.74) is -3.57. The van der Waals surface area contributed by atoms with Crippen molar-refractivity contribution in [2.45, 2.75) is 17.7 Å². The van der Waals surface area contributed by atoms with E-state index in [-0.39, 0.29) is 5.56 Å². The van der Waals surface area contributed by atoms with Gasteiger partial charge in [-0.2, -0.15) is 21.6 Å². The summed E-state index contributed by atoms with van der Waals surface area (Å²) in [5.74, 6) is -0.862. The zero-order valence-corrected chi connectivity index (χ0v) is 13.6. The summed E-state index contributed by atoms with van der Waals surface area (Å²) in [6.45, 7) is 0. The number of alkyl halides is 3. The number of ether oxygens (including phenoxy) is 1. The van der Waals surface area contributed by atoms with Crippen LogP contribution >= 0.6 is 0 Å². The highest BCUT2D eigenvalue weighted by Crippen LogP contribution is 2.53. The summed E-state index contributed by atoms with van der Waals surface area (Å²) in [6.07, 6.45) is 2.11. The van der Waals surface area contributed by atoms with E-state index in [4.69, 9.17) is 4.74 Å². The van der Waals surface area contributed by atoms with Crippen LogP contribution in [0.3, 0.4) is 0 Å². The van der Waals surface area contributed by atoms with E-state index in [2.05, 4.69) is 4.18 Å². The average Bonchev–Trinajstić information content (AvgIpc) is 3.17. The topological polar surface area (TPSA) is 52.6 Å². The lowest BCUT2D eigenvalue weighted by atomic mass is 9.88. The molecule has 2 heterocycles. The standard InChI is InChI=1S/C17H10F4O4S/c18-10-3-1-9(2-4-10)11-5-6-14(25-26(22,23)17(19,20)21)16-13-8-7-12(24-13)15(11)16/h1-8,12-13H. The Morgan fingerprint density at radius 3 is 2.15 bits per heavy atom. The van der Waals surface area contributed by atoms with Gasteiger partial charge in [-0.1, -0.05) is 30.4 Å². The van der Waals surface area contributed by atoms with Crippen LogP contribution < -0.4 is 4.18 Å². The first kappa shape index (κ1) is 17.0. The fourth-order valence-corrected chi connectivity index (χ4v) is 3.59. The van der Waals surface area contributed by atoms with E-state index in [9.17, 15) is 26.0 Å². The van der Waals surface area contributed by atoms with Gasteiger partial charge in [0.15, 0.2) is 0 Å². The maximum absolute atomic E-state index is 13.2. The molecule has 0 fully saturated rings. The minimum atomic E-state index is -5.80. The van der Waals surface area contributed by atoms with Crippen molar-refractivity contribution in [3.8, 4) is 16.9 Å². The second-order valence-electron chi connectivity index (χ2n) is 5.79. The van der Waals surface area contributed by atoms with Crippen LogP contribution in [0.15, 0.2) is 48.6 Å². The SMILES string of the molecule is O=S(=O)(Oc1ccc(-c2ccc(F)cc2)c2c1C1C=CC2O1)C(F)(F)F. The Kier molecular flexibility index (Phi) is 3.64. The van der Waals surface area contributed by atoms with Gasteiger partial charge in [0.05, 0.1) is 0 Å². The number of hydrogen-bond donors (Lipinski definition) is 0. The lowest BCUT2D eigenvalue weighted by Gasteiger charge is -2.18. The molecule has 2 aliphatic heterocycles. The third kappa shape index (κ3) is 2.58. The summed E-state index contributed by atoms with van der Waals surface area (Å²) in [5, 5.41) is 0. The number of rotatable bonds is 3. The Morgan fingerprint density at radius 1 is 0.923 bits per heavy atom. The van der Waals surface area contributed by atoms with Crippen molar-refractivity contribution < 1.29 is 34.9 Å². The van der Waals surface area contributed by atoms with Crippen molar-refractivity contribution >= 4 is 10.1 Å². The fourth-order valence-electron chi connectivity index (χ4n) is 3.11. The molecule has 4 rings (SSSR count). The van der Waals surface area contributed by atoms with Crippen molar-refractivity contribution in [3.63, 3.8) is 0 Å². The number of benzene rings is 2. The van der Waals surface area contributed by atoms with Gasteiger partial charge in [0.25, 0.3) is 0 Å². The molecule has 0 N–H and O–H groups in total. The summed E-state index contributed by atoms with van der Waals surface area (Å²) in [6, 6.07) is 8.14. The molecule has 0 saturated heterocycles. The minimum absolute atomic E-state index is 0.229. The predicted molar refractivity (Wildman–Crippen MR) is 83.1 cm³/mol. The summed E-state index contributed by atoms with van der Waals surface area (Å²) >= 11 is 0. The molecule has 0 spiro atoms. The Balaban J connectivity index is 1.85. The normalized spacial score (nSPS) is 21.1. The first-order valence-electron chi connectivity index (χ1n) is 7.44. The van der Waals surface area contributed by atoms with Gasteiger partial charge >= 0.3 is 15.6 Å². The zero-order chi connectivity index (χ0) is 18.7. The molecule has 2 bridgehead atoms. The number of halogens is 4. The molecule has 0 aromatic heterocycles. The molecule has 2 aliphatic rings. The Bertz CT molecular complexity index is 1010.